The highest BCUT2D eigenvalue weighted by molar-refractivity contribution is 5.91. The summed E-state index contributed by atoms with van der Waals surface area (Å²) in [6, 6.07) is 0. The summed E-state index contributed by atoms with van der Waals surface area (Å²) in [5.41, 5.74) is 1.15. The van der Waals surface area contributed by atoms with Crippen molar-refractivity contribution >= 4 is 11.6 Å². The fourth-order valence-corrected chi connectivity index (χ4v) is 6.39. The van der Waals surface area contributed by atoms with Gasteiger partial charge in [-0.3, -0.25) is 9.59 Å². The highest BCUT2D eigenvalue weighted by Crippen LogP contribution is 2.64. The number of rotatable bonds is 0. The number of aliphatic hydroxyl groups is 1. The third-order valence-corrected chi connectivity index (χ3v) is 7.66. The van der Waals surface area contributed by atoms with Gasteiger partial charge in [0.15, 0.2) is 5.78 Å². The van der Waals surface area contributed by atoms with Crippen LogP contribution in [0.1, 0.15) is 58.8 Å². The summed E-state index contributed by atoms with van der Waals surface area (Å²) < 4.78 is 0. The van der Waals surface area contributed by atoms with Gasteiger partial charge in [-0.05, 0) is 55.4 Å². The second kappa shape index (κ2) is 4.53. The van der Waals surface area contributed by atoms with Gasteiger partial charge in [0.1, 0.15) is 5.78 Å². The Kier molecular flexibility index (Phi) is 3.01. The molecule has 0 radical (unpaired) electrons. The van der Waals surface area contributed by atoms with E-state index < -0.39 is 6.10 Å². The predicted octanol–water partition coefficient (Wildman–Crippen LogP) is 3.06. The first kappa shape index (κ1) is 14.6. The zero-order valence-electron chi connectivity index (χ0n) is 13.6. The number of aliphatic hydroxyl groups excluding tert-OH is 1. The molecule has 6 atom stereocenters. The number of ketones is 2. The zero-order chi connectivity index (χ0) is 15.7. The molecule has 1 unspecified atom stereocenters. The summed E-state index contributed by atoms with van der Waals surface area (Å²) in [6.07, 6.45) is 7.39. The van der Waals surface area contributed by atoms with E-state index in [4.69, 9.17) is 0 Å². The van der Waals surface area contributed by atoms with E-state index in [0.717, 1.165) is 32.1 Å². The molecule has 0 amide bonds. The van der Waals surface area contributed by atoms with Crippen molar-refractivity contribution in [1.82, 2.24) is 0 Å². The van der Waals surface area contributed by atoms with Gasteiger partial charge < -0.3 is 5.11 Å². The summed E-state index contributed by atoms with van der Waals surface area (Å²) in [5.74, 6) is 1.65. The first-order valence-electron chi connectivity index (χ1n) is 8.81. The van der Waals surface area contributed by atoms with Crippen molar-refractivity contribution in [2.45, 2.75) is 64.9 Å². The minimum Gasteiger partial charge on any atom is -0.392 e. The van der Waals surface area contributed by atoms with E-state index >= 15 is 0 Å². The van der Waals surface area contributed by atoms with Crippen LogP contribution >= 0.6 is 0 Å². The van der Waals surface area contributed by atoms with E-state index in [2.05, 4.69) is 13.8 Å². The maximum Gasteiger partial charge on any atom is 0.155 e. The monoisotopic (exact) mass is 302 g/mol. The van der Waals surface area contributed by atoms with Crippen LogP contribution in [0.25, 0.3) is 0 Å². The SMILES string of the molecule is C[C@]12CCC(=O)C=C1CCC1[C@@H]3[C@@H](O)CC(=O)[C@@]3(C)CC[C@@H]12. The fourth-order valence-electron chi connectivity index (χ4n) is 6.39. The van der Waals surface area contributed by atoms with Gasteiger partial charge in [-0.25, -0.2) is 0 Å². The van der Waals surface area contributed by atoms with E-state index in [1.165, 1.54) is 5.57 Å². The molecule has 0 aliphatic heterocycles. The van der Waals surface area contributed by atoms with Crippen LogP contribution in [0.2, 0.25) is 0 Å². The molecule has 3 nitrogen and oxygen atoms in total. The number of hydrogen-bond donors (Lipinski definition) is 1. The van der Waals surface area contributed by atoms with Crippen molar-refractivity contribution in [3.63, 3.8) is 0 Å². The standard InChI is InChI=1S/C19H26O3/c1-18-7-5-12(20)9-11(18)3-4-13-14(18)6-8-19(2)16(22)10-15(21)17(13)19/h9,13-15,17,21H,3-8,10H2,1-2H3/t13?,14-,15-,17+,18-,19+/m0/s1. The molecule has 0 aromatic rings. The normalized spacial score (nSPS) is 51.0. The van der Waals surface area contributed by atoms with Crippen molar-refractivity contribution in [2.24, 2.45) is 28.6 Å². The van der Waals surface area contributed by atoms with Crippen LogP contribution in [0.3, 0.4) is 0 Å². The first-order chi connectivity index (χ1) is 10.4. The summed E-state index contributed by atoms with van der Waals surface area (Å²) in [4.78, 5) is 24.2. The van der Waals surface area contributed by atoms with Crippen molar-refractivity contribution in [2.75, 3.05) is 0 Å². The molecule has 3 saturated carbocycles. The minimum absolute atomic E-state index is 0.115. The lowest BCUT2D eigenvalue weighted by molar-refractivity contribution is -0.133. The molecule has 120 valence electrons. The highest BCUT2D eigenvalue weighted by Gasteiger charge is 2.61. The third kappa shape index (κ3) is 1.72. The molecular formula is C19H26O3. The summed E-state index contributed by atoms with van der Waals surface area (Å²) in [7, 11) is 0. The molecule has 3 heteroatoms. The van der Waals surface area contributed by atoms with E-state index in [1.807, 2.05) is 6.08 Å². The number of hydrogen-bond acceptors (Lipinski definition) is 3. The van der Waals surface area contributed by atoms with Crippen molar-refractivity contribution in [3.05, 3.63) is 11.6 Å². The minimum atomic E-state index is -0.454. The number of Topliss-reactive ketones (excluding diaryl/α,β-unsaturated/α-hetero) is 1. The van der Waals surface area contributed by atoms with E-state index in [1.54, 1.807) is 0 Å². The average molecular weight is 302 g/mol. The number of carbonyl (C=O) groups excluding carboxylic acids is 2. The number of carbonyl (C=O) groups is 2. The van der Waals surface area contributed by atoms with E-state index in [9.17, 15) is 14.7 Å². The number of allylic oxidation sites excluding steroid dienone is 1. The van der Waals surface area contributed by atoms with Crippen LogP contribution in [0, 0.1) is 28.6 Å². The van der Waals surface area contributed by atoms with Crippen molar-refractivity contribution in [3.8, 4) is 0 Å². The summed E-state index contributed by atoms with van der Waals surface area (Å²) >= 11 is 0. The molecule has 0 heterocycles. The second-order valence-electron chi connectivity index (χ2n) is 8.54. The molecular weight excluding hydrogens is 276 g/mol. The molecule has 3 fully saturated rings. The Bertz CT molecular complexity index is 577. The smallest absolute Gasteiger partial charge is 0.155 e. The van der Waals surface area contributed by atoms with Gasteiger partial charge in [-0.1, -0.05) is 19.4 Å². The van der Waals surface area contributed by atoms with Gasteiger partial charge in [0, 0.05) is 24.2 Å². The quantitative estimate of drug-likeness (QED) is 0.748. The average Bonchev–Trinajstić information content (AvgIpc) is 2.70. The molecule has 4 aliphatic carbocycles. The van der Waals surface area contributed by atoms with E-state index in [0.29, 0.717) is 24.7 Å². The lowest BCUT2D eigenvalue weighted by Crippen LogP contribution is -2.52. The maximum absolute atomic E-state index is 12.4. The molecule has 0 aromatic heterocycles. The van der Waals surface area contributed by atoms with Crippen LogP contribution in [-0.4, -0.2) is 22.8 Å². The Labute approximate surface area is 132 Å². The molecule has 22 heavy (non-hydrogen) atoms. The number of fused-ring (bicyclic) bond motifs is 5. The highest BCUT2D eigenvalue weighted by atomic mass is 16.3. The zero-order valence-corrected chi connectivity index (χ0v) is 13.6. The maximum atomic E-state index is 12.4. The van der Waals surface area contributed by atoms with Gasteiger partial charge in [-0.15, -0.1) is 0 Å². The Morgan fingerprint density at radius 3 is 2.64 bits per heavy atom. The topological polar surface area (TPSA) is 54.4 Å². The Hall–Kier alpha value is -0.960. The van der Waals surface area contributed by atoms with Crippen LogP contribution in [0.4, 0.5) is 0 Å². The fraction of sp³-hybridized carbons (Fsp3) is 0.789. The predicted molar refractivity (Wildman–Crippen MR) is 83.1 cm³/mol. The summed E-state index contributed by atoms with van der Waals surface area (Å²) in [5, 5.41) is 10.5. The molecule has 0 spiro atoms. The largest absolute Gasteiger partial charge is 0.392 e. The van der Waals surface area contributed by atoms with Crippen LogP contribution in [-0.2, 0) is 9.59 Å². The van der Waals surface area contributed by atoms with Gasteiger partial charge in [0.2, 0.25) is 0 Å². The Balaban J connectivity index is 1.73. The molecule has 4 rings (SSSR count). The van der Waals surface area contributed by atoms with Crippen molar-refractivity contribution in [1.29, 1.82) is 0 Å². The second-order valence-corrected chi connectivity index (χ2v) is 8.54. The lowest BCUT2D eigenvalue weighted by atomic mass is 9.47. The van der Waals surface area contributed by atoms with Crippen molar-refractivity contribution < 1.29 is 14.7 Å². The molecule has 0 bridgehead atoms. The first-order valence-corrected chi connectivity index (χ1v) is 8.81. The van der Waals surface area contributed by atoms with Crippen LogP contribution < -0.4 is 0 Å². The van der Waals surface area contributed by atoms with Gasteiger partial charge in [0.05, 0.1) is 6.10 Å². The summed E-state index contributed by atoms with van der Waals surface area (Å²) in [6.45, 7) is 4.42. The van der Waals surface area contributed by atoms with Gasteiger partial charge in [0.25, 0.3) is 0 Å². The van der Waals surface area contributed by atoms with Gasteiger partial charge in [-0.2, -0.15) is 0 Å². The Morgan fingerprint density at radius 2 is 1.86 bits per heavy atom. The van der Waals surface area contributed by atoms with Crippen LogP contribution in [0.15, 0.2) is 11.6 Å². The lowest BCUT2D eigenvalue weighted by Gasteiger charge is -2.57. The van der Waals surface area contributed by atoms with Gasteiger partial charge >= 0.3 is 0 Å². The van der Waals surface area contributed by atoms with E-state index in [-0.39, 0.29) is 28.3 Å². The van der Waals surface area contributed by atoms with Crippen LogP contribution in [0.5, 0.6) is 0 Å². The molecule has 0 saturated heterocycles. The third-order valence-electron chi connectivity index (χ3n) is 7.66. The molecule has 0 aromatic carbocycles. The Morgan fingerprint density at radius 1 is 1.09 bits per heavy atom. The molecule has 4 aliphatic rings. The molecule has 1 N–H and O–H groups in total.